The van der Waals surface area contributed by atoms with E-state index in [4.69, 9.17) is 11.6 Å². The van der Waals surface area contributed by atoms with Gasteiger partial charge in [0.2, 0.25) is 0 Å². The highest BCUT2D eigenvalue weighted by Gasteiger charge is 2.30. The van der Waals surface area contributed by atoms with Crippen molar-refractivity contribution in [2.24, 2.45) is 0 Å². The third-order valence-corrected chi connectivity index (χ3v) is 3.81. The van der Waals surface area contributed by atoms with Crippen LogP contribution in [0.2, 0.25) is 5.02 Å². The molecular formula is C16H14ClF3N2O3. The Balaban J connectivity index is 2.25. The molecule has 0 bridgehead atoms. The molecule has 0 fully saturated rings. The number of alkyl halides is 3. The second-order valence-electron chi connectivity index (χ2n) is 5.23. The van der Waals surface area contributed by atoms with Gasteiger partial charge in [-0.3, -0.25) is 10.1 Å². The third-order valence-electron chi connectivity index (χ3n) is 3.51. The van der Waals surface area contributed by atoms with Crippen LogP contribution < -0.4 is 4.90 Å². The van der Waals surface area contributed by atoms with Crippen LogP contribution in [0.3, 0.4) is 0 Å². The normalized spacial score (nSPS) is 11.4. The van der Waals surface area contributed by atoms with Crippen molar-refractivity contribution in [2.75, 3.05) is 18.1 Å². The lowest BCUT2D eigenvalue weighted by atomic mass is 10.1. The molecule has 0 atom stereocenters. The standard InChI is InChI=1S/C16H14ClF3N2O3/c17-14-9-13(22(24)25)5-6-15(14)21(7-8-23)10-11-1-3-12(4-2-11)16(18,19)20/h1-6,9,23H,7-8,10H2. The number of anilines is 1. The zero-order chi connectivity index (χ0) is 18.6. The topological polar surface area (TPSA) is 66.6 Å². The number of aliphatic hydroxyl groups is 1. The van der Waals surface area contributed by atoms with Gasteiger partial charge >= 0.3 is 6.18 Å². The van der Waals surface area contributed by atoms with Crippen LogP contribution in [-0.2, 0) is 12.7 Å². The van der Waals surface area contributed by atoms with Gasteiger partial charge in [-0.25, -0.2) is 0 Å². The molecule has 1 N–H and O–H groups in total. The second-order valence-corrected chi connectivity index (χ2v) is 5.64. The second kappa shape index (κ2) is 7.71. The molecule has 0 heterocycles. The van der Waals surface area contributed by atoms with Crippen LogP contribution in [0, 0.1) is 10.1 Å². The predicted molar refractivity (Wildman–Crippen MR) is 87.7 cm³/mol. The van der Waals surface area contributed by atoms with Gasteiger partial charge in [-0.2, -0.15) is 13.2 Å². The number of benzene rings is 2. The number of nitro groups is 1. The van der Waals surface area contributed by atoms with Crippen molar-refractivity contribution >= 4 is 23.0 Å². The summed E-state index contributed by atoms with van der Waals surface area (Å²) in [6, 6.07) is 8.54. The molecule has 2 aromatic carbocycles. The molecule has 0 aliphatic rings. The number of hydrogen-bond donors (Lipinski definition) is 1. The monoisotopic (exact) mass is 374 g/mol. The first kappa shape index (κ1) is 19.0. The molecule has 0 saturated heterocycles. The van der Waals surface area contributed by atoms with Crippen molar-refractivity contribution in [1.29, 1.82) is 0 Å². The van der Waals surface area contributed by atoms with Gasteiger partial charge in [-0.15, -0.1) is 0 Å². The fourth-order valence-corrected chi connectivity index (χ4v) is 2.59. The third kappa shape index (κ3) is 4.83. The summed E-state index contributed by atoms with van der Waals surface area (Å²) in [5, 5.41) is 20.1. The first-order valence-electron chi connectivity index (χ1n) is 7.18. The quantitative estimate of drug-likeness (QED) is 0.606. The summed E-state index contributed by atoms with van der Waals surface area (Å²) in [5.41, 5.74) is 0.0997. The zero-order valence-electron chi connectivity index (χ0n) is 12.8. The van der Waals surface area contributed by atoms with Gasteiger partial charge < -0.3 is 10.0 Å². The van der Waals surface area contributed by atoms with E-state index in [0.717, 1.165) is 12.1 Å². The van der Waals surface area contributed by atoms with Gasteiger partial charge in [0.25, 0.3) is 5.69 Å². The summed E-state index contributed by atoms with van der Waals surface area (Å²) >= 11 is 6.08. The Morgan fingerprint density at radius 2 is 1.80 bits per heavy atom. The number of nitrogens with zero attached hydrogens (tertiary/aromatic N) is 2. The zero-order valence-corrected chi connectivity index (χ0v) is 13.6. The number of hydrogen-bond acceptors (Lipinski definition) is 4. The average molecular weight is 375 g/mol. The van der Waals surface area contributed by atoms with Gasteiger partial charge in [0.15, 0.2) is 0 Å². The predicted octanol–water partition coefficient (Wildman–Crippen LogP) is 4.27. The number of non-ortho nitro benzene ring substituents is 1. The van der Waals surface area contributed by atoms with Crippen molar-refractivity contribution in [3.63, 3.8) is 0 Å². The number of aliphatic hydroxyl groups excluding tert-OH is 1. The minimum absolute atomic E-state index is 0.120. The highest BCUT2D eigenvalue weighted by Crippen LogP contribution is 2.32. The first-order valence-corrected chi connectivity index (χ1v) is 7.56. The average Bonchev–Trinajstić information content (AvgIpc) is 2.54. The maximum absolute atomic E-state index is 12.6. The molecule has 0 spiro atoms. The summed E-state index contributed by atoms with van der Waals surface area (Å²) in [7, 11) is 0. The van der Waals surface area contributed by atoms with Crippen molar-refractivity contribution in [3.05, 3.63) is 68.7 Å². The number of nitro benzene ring substituents is 1. The van der Waals surface area contributed by atoms with E-state index in [9.17, 15) is 28.4 Å². The summed E-state index contributed by atoms with van der Waals surface area (Å²) in [6.07, 6.45) is -4.41. The fraction of sp³-hybridized carbons (Fsp3) is 0.250. The molecule has 0 aliphatic heterocycles. The van der Waals surface area contributed by atoms with E-state index in [0.29, 0.717) is 11.3 Å². The minimum atomic E-state index is -4.41. The number of rotatable bonds is 6. The van der Waals surface area contributed by atoms with E-state index in [1.807, 2.05) is 0 Å². The van der Waals surface area contributed by atoms with Crippen LogP contribution in [0.4, 0.5) is 24.5 Å². The van der Waals surface area contributed by atoms with Crippen LogP contribution in [0.5, 0.6) is 0 Å². The van der Waals surface area contributed by atoms with Gasteiger partial charge in [0, 0.05) is 25.2 Å². The van der Waals surface area contributed by atoms with Crippen LogP contribution in [0.25, 0.3) is 0 Å². The lowest BCUT2D eigenvalue weighted by Gasteiger charge is -2.25. The van der Waals surface area contributed by atoms with Crippen LogP contribution >= 0.6 is 11.6 Å². The molecule has 134 valence electrons. The maximum Gasteiger partial charge on any atom is 0.416 e. The highest BCUT2D eigenvalue weighted by atomic mass is 35.5. The Labute approximate surface area is 146 Å². The Morgan fingerprint density at radius 3 is 2.28 bits per heavy atom. The van der Waals surface area contributed by atoms with E-state index in [1.54, 1.807) is 4.90 Å². The van der Waals surface area contributed by atoms with E-state index >= 15 is 0 Å². The highest BCUT2D eigenvalue weighted by molar-refractivity contribution is 6.33. The molecule has 25 heavy (non-hydrogen) atoms. The Hall–Kier alpha value is -2.32. The van der Waals surface area contributed by atoms with Gasteiger partial charge in [0.1, 0.15) is 0 Å². The summed E-state index contributed by atoms with van der Waals surface area (Å²) in [4.78, 5) is 11.8. The van der Waals surface area contributed by atoms with Crippen molar-refractivity contribution in [3.8, 4) is 0 Å². The SMILES string of the molecule is O=[N+]([O-])c1ccc(N(CCO)Cc2ccc(C(F)(F)F)cc2)c(Cl)c1. The Kier molecular flexibility index (Phi) is 5.86. The first-order chi connectivity index (χ1) is 11.7. The Morgan fingerprint density at radius 1 is 1.16 bits per heavy atom. The minimum Gasteiger partial charge on any atom is -0.395 e. The molecular weight excluding hydrogens is 361 g/mol. The molecule has 0 saturated carbocycles. The van der Waals surface area contributed by atoms with Crippen molar-refractivity contribution < 1.29 is 23.2 Å². The fourth-order valence-electron chi connectivity index (χ4n) is 2.29. The summed E-state index contributed by atoms with van der Waals surface area (Å²) in [5.74, 6) is 0. The lowest BCUT2D eigenvalue weighted by molar-refractivity contribution is -0.384. The van der Waals surface area contributed by atoms with Crippen LogP contribution in [0.1, 0.15) is 11.1 Å². The molecule has 2 rings (SSSR count). The number of halogens is 4. The molecule has 5 nitrogen and oxygen atoms in total. The molecule has 9 heteroatoms. The molecule has 0 amide bonds. The van der Waals surface area contributed by atoms with E-state index in [1.165, 1.54) is 30.3 Å². The summed E-state index contributed by atoms with van der Waals surface area (Å²) in [6.45, 7) is 0.142. The van der Waals surface area contributed by atoms with E-state index in [2.05, 4.69) is 0 Å². The van der Waals surface area contributed by atoms with E-state index < -0.39 is 16.7 Å². The van der Waals surface area contributed by atoms with Crippen LogP contribution in [-0.4, -0.2) is 23.2 Å². The summed E-state index contributed by atoms with van der Waals surface area (Å²) < 4.78 is 37.8. The molecule has 2 aromatic rings. The Bertz CT molecular complexity index is 751. The lowest BCUT2D eigenvalue weighted by Crippen LogP contribution is -2.26. The maximum atomic E-state index is 12.6. The largest absolute Gasteiger partial charge is 0.416 e. The van der Waals surface area contributed by atoms with Gasteiger partial charge in [0.05, 0.1) is 27.8 Å². The molecule has 0 unspecified atom stereocenters. The molecule has 0 aliphatic carbocycles. The van der Waals surface area contributed by atoms with E-state index in [-0.39, 0.29) is 30.4 Å². The van der Waals surface area contributed by atoms with Crippen molar-refractivity contribution in [1.82, 2.24) is 0 Å². The molecule has 0 radical (unpaired) electrons. The smallest absolute Gasteiger partial charge is 0.395 e. The van der Waals surface area contributed by atoms with Crippen molar-refractivity contribution in [2.45, 2.75) is 12.7 Å². The van der Waals surface area contributed by atoms with Gasteiger partial charge in [-0.05, 0) is 23.8 Å². The molecule has 0 aromatic heterocycles. The van der Waals surface area contributed by atoms with Crippen LogP contribution in [0.15, 0.2) is 42.5 Å². The van der Waals surface area contributed by atoms with Gasteiger partial charge in [-0.1, -0.05) is 23.7 Å².